The summed E-state index contributed by atoms with van der Waals surface area (Å²) < 4.78 is 6.23. The lowest BCUT2D eigenvalue weighted by atomic mass is 9.61. The third kappa shape index (κ3) is 5.36. The summed E-state index contributed by atoms with van der Waals surface area (Å²) in [6, 6.07) is 9.90. The maximum atomic E-state index is 9.55. The number of rotatable bonds is 7. The van der Waals surface area contributed by atoms with Gasteiger partial charge in [-0.2, -0.15) is 5.26 Å². The monoisotopic (exact) mass is 471 g/mol. The van der Waals surface area contributed by atoms with Crippen LogP contribution < -0.4 is 21.5 Å². The molecule has 1 saturated carbocycles. The number of hydrogen-bond acceptors (Lipinski definition) is 8. The molecule has 1 aliphatic carbocycles. The fourth-order valence-electron chi connectivity index (χ4n) is 5.09. The number of nitrogens with two attached hydrogens (primary N) is 2. The smallest absolute Gasteiger partial charge is 0.148 e. The van der Waals surface area contributed by atoms with E-state index in [1.54, 1.807) is 18.6 Å². The fourth-order valence-corrected chi connectivity index (χ4v) is 5.09. The molecule has 0 radical (unpaired) electrons. The van der Waals surface area contributed by atoms with Crippen molar-refractivity contribution in [2.45, 2.75) is 51.7 Å². The number of nitrogens with zero attached hydrogens (tertiary/aromatic N) is 4. The molecule has 8 heteroatoms. The number of pyridine rings is 2. The first-order chi connectivity index (χ1) is 17.0. The normalized spacial score (nSPS) is 19.6. The molecule has 182 valence electrons. The molecule has 1 atom stereocenters. The number of hydrogen-bond donors (Lipinski definition) is 3. The molecule has 35 heavy (non-hydrogen) atoms. The average molecular weight is 472 g/mol. The van der Waals surface area contributed by atoms with Gasteiger partial charge in [-0.3, -0.25) is 15.0 Å². The number of ether oxygens (including phenoxy) is 1. The van der Waals surface area contributed by atoms with Gasteiger partial charge in [-0.25, -0.2) is 0 Å². The zero-order valence-electron chi connectivity index (χ0n) is 20.4. The number of nitriles is 1. The second-order valence-electron chi connectivity index (χ2n) is 9.38. The predicted octanol–water partition coefficient (Wildman–Crippen LogP) is 3.73. The van der Waals surface area contributed by atoms with Crippen LogP contribution in [0.3, 0.4) is 0 Å². The highest BCUT2D eigenvalue weighted by Gasteiger charge is 2.44. The first-order valence-corrected chi connectivity index (χ1v) is 12.1. The molecule has 1 spiro atoms. The van der Waals surface area contributed by atoms with Crippen molar-refractivity contribution in [1.29, 1.82) is 5.26 Å². The molecule has 1 aliphatic heterocycles. The zero-order chi connectivity index (χ0) is 24.8. The van der Waals surface area contributed by atoms with E-state index in [4.69, 9.17) is 21.2 Å². The highest BCUT2D eigenvalue weighted by molar-refractivity contribution is 6.22. The van der Waals surface area contributed by atoms with Gasteiger partial charge >= 0.3 is 0 Å². The van der Waals surface area contributed by atoms with Crippen LogP contribution in [0.4, 0.5) is 0 Å². The van der Waals surface area contributed by atoms with Gasteiger partial charge < -0.3 is 21.5 Å². The minimum atomic E-state index is -0.360. The van der Waals surface area contributed by atoms with E-state index in [2.05, 4.69) is 21.4 Å². The molecule has 5 N–H and O–H groups in total. The van der Waals surface area contributed by atoms with Gasteiger partial charge in [-0.15, -0.1) is 0 Å². The van der Waals surface area contributed by atoms with Crippen molar-refractivity contribution in [2.75, 3.05) is 13.1 Å². The summed E-state index contributed by atoms with van der Waals surface area (Å²) >= 11 is 0. The van der Waals surface area contributed by atoms with Gasteiger partial charge in [0.2, 0.25) is 0 Å². The van der Waals surface area contributed by atoms with E-state index in [1.807, 2.05) is 38.1 Å². The number of nitrogens with one attached hydrogen (secondary N) is 1. The Morgan fingerprint density at radius 3 is 2.66 bits per heavy atom. The number of aromatic nitrogens is 2. The molecular weight excluding hydrogens is 438 g/mol. The van der Waals surface area contributed by atoms with Crippen LogP contribution in [0.1, 0.15) is 62.6 Å². The quantitative estimate of drug-likeness (QED) is 0.413. The Labute approximate surface area is 206 Å². The Kier molecular flexibility index (Phi) is 7.47. The summed E-state index contributed by atoms with van der Waals surface area (Å²) in [5.74, 6) is 0.434. The van der Waals surface area contributed by atoms with Crippen molar-refractivity contribution >= 4 is 16.9 Å². The first-order valence-electron chi connectivity index (χ1n) is 12.1. The maximum Gasteiger partial charge on any atom is 0.148 e. The molecular formula is C27H33N7O. The van der Waals surface area contributed by atoms with Gasteiger partial charge in [0, 0.05) is 41.6 Å². The van der Waals surface area contributed by atoms with Crippen molar-refractivity contribution in [3.05, 3.63) is 66.0 Å². The molecule has 2 aliphatic rings. The minimum absolute atomic E-state index is 0.227. The van der Waals surface area contributed by atoms with Gasteiger partial charge in [0.05, 0.1) is 17.3 Å². The third-order valence-electron chi connectivity index (χ3n) is 7.05. The van der Waals surface area contributed by atoms with Gasteiger partial charge in [0.1, 0.15) is 23.6 Å². The Hall–Kier alpha value is -3.70. The van der Waals surface area contributed by atoms with Gasteiger partial charge in [-0.1, -0.05) is 6.07 Å². The van der Waals surface area contributed by atoms with E-state index >= 15 is 0 Å². The van der Waals surface area contributed by atoms with Crippen LogP contribution in [-0.2, 0) is 0 Å². The SMILES string of the molecule is CC(=NC1CC2(CCNCC2)C1)/C(=C\N)c1cnc(/C(C#N)=C\N)c(OC(C)c2ccccn2)c1. The van der Waals surface area contributed by atoms with Gasteiger partial charge in [0.15, 0.2) is 0 Å². The van der Waals surface area contributed by atoms with Gasteiger partial charge in [-0.05, 0) is 76.2 Å². The van der Waals surface area contributed by atoms with Crippen LogP contribution in [0.2, 0.25) is 0 Å². The molecule has 8 nitrogen and oxygen atoms in total. The molecule has 1 saturated heterocycles. The van der Waals surface area contributed by atoms with Crippen LogP contribution in [-0.4, -0.2) is 34.8 Å². The van der Waals surface area contributed by atoms with Crippen LogP contribution in [0, 0.1) is 16.7 Å². The van der Waals surface area contributed by atoms with E-state index in [9.17, 15) is 5.26 Å². The highest BCUT2D eigenvalue weighted by atomic mass is 16.5. The summed E-state index contributed by atoms with van der Waals surface area (Å²) in [6.07, 6.45) is 10.6. The Balaban J connectivity index is 1.59. The fraction of sp³-hybridized carbons (Fsp3) is 0.407. The standard InChI is InChI=1S/C27H33N7O/c1-18(34-22-12-27(13-22)6-9-31-10-7-27)23(16-30)20-11-25(26(33-17-20)21(14-28)15-29)35-19(2)24-5-3-4-8-32-24/h3-5,8,11,14,16-17,19,22,31H,6-7,9-10,12-13,28,30H2,1-2H3/b21-14-,23-16+,34-18?. The van der Waals surface area contributed by atoms with E-state index in [0.29, 0.717) is 22.9 Å². The molecule has 2 aromatic heterocycles. The van der Waals surface area contributed by atoms with Crippen molar-refractivity contribution in [2.24, 2.45) is 21.9 Å². The Bertz CT molecular complexity index is 1170. The lowest BCUT2D eigenvalue weighted by Gasteiger charge is -2.49. The van der Waals surface area contributed by atoms with Crippen molar-refractivity contribution < 1.29 is 4.74 Å². The zero-order valence-corrected chi connectivity index (χ0v) is 20.4. The van der Waals surface area contributed by atoms with Crippen molar-refractivity contribution in [1.82, 2.24) is 15.3 Å². The lowest BCUT2D eigenvalue weighted by Crippen LogP contribution is -2.47. The average Bonchev–Trinajstić information content (AvgIpc) is 2.86. The van der Waals surface area contributed by atoms with E-state index in [-0.39, 0.29) is 11.7 Å². The summed E-state index contributed by atoms with van der Waals surface area (Å²) in [4.78, 5) is 13.9. The minimum Gasteiger partial charge on any atom is -0.482 e. The number of allylic oxidation sites excluding steroid dienone is 2. The highest BCUT2D eigenvalue weighted by Crippen LogP contribution is 2.49. The Morgan fingerprint density at radius 2 is 2.03 bits per heavy atom. The molecule has 1 unspecified atom stereocenters. The molecule has 3 heterocycles. The molecule has 4 rings (SSSR count). The summed E-state index contributed by atoms with van der Waals surface area (Å²) in [7, 11) is 0. The van der Waals surface area contributed by atoms with Crippen LogP contribution in [0.5, 0.6) is 5.75 Å². The lowest BCUT2D eigenvalue weighted by molar-refractivity contribution is 0.0645. The summed E-state index contributed by atoms with van der Waals surface area (Å²) in [5.41, 5.74) is 16.0. The topological polar surface area (TPSA) is 135 Å². The van der Waals surface area contributed by atoms with Crippen LogP contribution in [0.15, 0.2) is 54.1 Å². The van der Waals surface area contributed by atoms with Crippen LogP contribution >= 0.6 is 0 Å². The van der Waals surface area contributed by atoms with E-state index < -0.39 is 0 Å². The second kappa shape index (κ2) is 10.7. The number of piperidine rings is 1. The second-order valence-corrected chi connectivity index (χ2v) is 9.38. The molecule has 2 aromatic rings. The van der Waals surface area contributed by atoms with E-state index in [1.165, 1.54) is 19.0 Å². The van der Waals surface area contributed by atoms with Crippen molar-refractivity contribution in [3.8, 4) is 11.8 Å². The third-order valence-corrected chi connectivity index (χ3v) is 7.05. The molecule has 0 amide bonds. The first kappa shape index (κ1) is 24.4. The molecule has 0 aromatic carbocycles. The van der Waals surface area contributed by atoms with Crippen LogP contribution in [0.25, 0.3) is 11.1 Å². The van der Waals surface area contributed by atoms with Crippen molar-refractivity contribution in [3.63, 3.8) is 0 Å². The Morgan fingerprint density at radius 1 is 1.26 bits per heavy atom. The largest absolute Gasteiger partial charge is 0.482 e. The molecule has 2 fully saturated rings. The predicted molar refractivity (Wildman–Crippen MR) is 138 cm³/mol. The molecule has 0 bridgehead atoms. The summed E-state index contributed by atoms with van der Waals surface area (Å²) in [6.45, 7) is 6.08. The number of aliphatic imine (C=N–C) groups is 1. The maximum absolute atomic E-state index is 9.55. The summed E-state index contributed by atoms with van der Waals surface area (Å²) in [5, 5.41) is 13.0. The van der Waals surface area contributed by atoms with E-state index in [0.717, 1.165) is 48.5 Å². The van der Waals surface area contributed by atoms with Gasteiger partial charge in [0.25, 0.3) is 0 Å².